The number of hydrogen-bond donors (Lipinski definition) is 3. The lowest BCUT2D eigenvalue weighted by Gasteiger charge is -2.05. The maximum absolute atomic E-state index is 11.3. The van der Waals surface area contributed by atoms with Crippen molar-refractivity contribution in [2.45, 2.75) is 0 Å². The molecule has 1 rings (SSSR count). The van der Waals surface area contributed by atoms with Crippen molar-refractivity contribution in [1.29, 1.82) is 0 Å². The molecule has 0 aromatic heterocycles. The molecule has 0 aliphatic carbocycles. The number of benzene rings is 1. The lowest BCUT2D eigenvalue weighted by molar-refractivity contribution is -0.135. The molecule has 0 heterocycles. The molecular weight excluding hydrogens is 232 g/mol. The normalized spacial score (nSPS) is 9.81. The third kappa shape index (κ3) is 4.77. The van der Waals surface area contributed by atoms with Gasteiger partial charge in [-0.2, -0.15) is 0 Å². The number of rotatable bonds is 5. The molecule has 6 heteroatoms. The molecule has 0 bridgehead atoms. The molecule has 0 atom stereocenters. The van der Waals surface area contributed by atoms with Gasteiger partial charge < -0.3 is 10.4 Å². The number of hydrogen-bond acceptors (Lipinski definition) is 3. The summed E-state index contributed by atoms with van der Waals surface area (Å²) >= 11 is 5.73. The van der Waals surface area contributed by atoms with Crippen LogP contribution in [0, 0.1) is 0 Å². The third-order valence-corrected chi connectivity index (χ3v) is 1.91. The Labute approximate surface area is 97.4 Å². The summed E-state index contributed by atoms with van der Waals surface area (Å²) < 4.78 is 0. The van der Waals surface area contributed by atoms with Crippen molar-refractivity contribution in [1.82, 2.24) is 5.32 Å². The van der Waals surface area contributed by atoms with Crippen molar-refractivity contribution in [2.24, 2.45) is 0 Å². The molecule has 16 heavy (non-hydrogen) atoms. The van der Waals surface area contributed by atoms with Gasteiger partial charge in [-0.05, 0) is 18.2 Å². The monoisotopic (exact) mass is 242 g/mol. The average Bonchev–Trinajstić information content (AvgIpc) is 2.16. The van der Waals surface area contributed by atoms with Crippen molar-refractivity contribution in [2.75, 3.05) is 18.4 Å². The predicted molar refractivity (Wildman–Crippen MR) is 60.6 cm³/mol. The van der Waals surface area contributed by atoms with Crippen LogP contribution < -0.4 is 10.6 Å². The van der Waals surface area contributed by atoms with E-state index in [9.17, 15) is 9.59 Å². The van der Waals surface area contributed by atoms with Crippen molar-refractivity contribution in [3.05, 3.63) is 29.3 Å². The summed E-state index contributed by atoms with van der Waals surface area (Å²) in [5.74, 6) is -1.32. The Morgan fingerprint density at radius 1 is 1.31 bits per heavy atom. The van der Waals surface area contributed by atoms with Crippen LogP contribution in [0.3, 0.4) is 0 Å². The van der Waals surface area contributed by atoms with Gasteiger partial charge in [0.05, 0.1) is 13.1 Å². The zero-order chi connectivity index (χ0) is 12.0. The van der Waals surface area contributed by atoms with Crippen LogP contribution in [0.2, 0.25) is 5.02 Å². The van der Waals surface area contributed by atoms with Gasteiger partial charge in [0.25, 0.3) is 0 Å². The van der Waals surface area contributed by atoms with E-state index in [0.717, 1.165) is 0 Å². The molecule has 0 unspecified atom stereocenters. The molecule has 0 spiro atoms. The second-order valence-electron chi connectivity index (χ2n) is 3.06. The summed E-state index contributed by atoms with van der Waals surface area (Å²) in [4.78, 5) is 21.5. The van der Waals surface area contributed by atoms with Gasteiger partial charge in [0.15, 0.2) is 0 Å². The van der Waals surface area contributed by atoms with E-state index < -0.39 is 5.97 Å². The maximum atomic E-state index is 11.3. The first-order chi connectivity index (χ1) is 7.58. The Kier molecular flexibility index (Phi) is 4.75. The van der Waals surface area contributed by atoms with Gasteiger partial charge in [0.1, 0.15) is 0 Å². The van der Waals surface area contributed by atoms with Crippen LogP contribution in [0.4, 0.5) is 5.69 Å². The van der Waals surface area contributed by atoms with E-state index in [2.05, 4.69) is 10.6 Å². The molecule has 0 aliphatic rings. The molecule has 0 radical (unpaired) electrons. The van der Waals surface area contributed by atoms with Gasteiger partial charge in [-0.25, -0.2) is 0 Å². The first-order valence-corrected chi connectivity index (χ1v) is 4.93. The molecule has 0 saturated carbocycles. The third-order valence-electron chi connectivity index (χ3n) is 1.67. The SMILES string of the molecule is O=C(O)CNCC(=O)Nc1cccc(Cl)c1. The number of nitrogens with one attached hydrogen (secondary N) is 2. The van der Waals surface area contributed by atoms with Crippen LogP contribution in [0.1, 0.15) is 0 Å². The fourth-order valence-corrected chi connectivity index (χ4v) is 1.24. The first kappa shape index (κ1) is 12.5. The summed E-state index contributed by atoms with van der Waals surface area (Å²) in [7, 11) is 0. The van der Waals surface area contributed by atoms with Crippen LogP contribution >= 0.6 is 11.6 Å². The molecule has 1 aromatic carbocycles. The first-order valence-electron chi connectivity index (χ1n) is 4.56. The van der Waals surface area contributed by atoms with Gasteiger partial charge in [-0.15, -0.1) is 0 Å². The van der Waals surface area contributed by atoms with Crippen molar-refractivity contribution >= 4 is 29.2 Å². The Morgan fingerprint density at radius 3 is 2.69 bits per heavy atom. The van der Waals surface area contributed by atoms with E-state index >= 15 is 0 Å². The van der Waals surface area contributed by atoms with Crippen LogP contribution in [0.5, 0.6) is 0 Å². The number of carbonyl (C=O) groups is 2. The Bertz CT molecular complexity index is 395. The van der Waals surface area contributed by atoms with Crippen molar-refractivity contribution in [3.8, 4) is 0 Å². The predicted octanol–water partition coefficient (Wildman–Crippen LogP) is 0.953. The second-order valence-corrected chi connectivity index (χ2v) is 3.49. The quantitative estimate of drug-likeness (QED) is 0.719. The molecule has 1 amide bonds. The summed E-state index contributed by atoms with van der Waals surface area (Å²) in [6.07, 6.45) is 0. The highest BCUT2D eigenvalue weighted by Crippen LogP contribution is 2.14. The highest BCUT2D eigenvalue weighted by atomic mass is 35.5. The van der Waals surface area contributed by atoms with E-state index in [-0.39, 0.29) is 19.0 Å². The Balaban J connectivity index is 2.37. The van der Waals surface area contributed by atoms with Crippen molar-refractivity contribution in [3.63, 3.8) is 0 Å². The fraction of sp³-hybridized carbons (Fsp3) is 0.200. The highest BCUT2D eigenvalue weighted by molar-refractivity contribution is 6.30. The second kappa shape index (κ2) is 6.09. The van der Waals surface area contributed by atoms with E-state index in [4.69, 9.17) is 16.7 Å². The van der Waals surface area contributed by atoms with Gasteiger partial charge in [0, 0.05) is 10.7 Å². The van der Waals surface area contributed by atoms with Gasteiger partial charge in [0.2, 0.25) is 5.91 Å². The number of carbonyl (C=O) groups excluding carboxylic acids is 1. The summed E-state index contributed by atoms with van der Waals surface area (Å²) in [5.41, 5.74) is 0.578. The largest absolute Gasteiger partial charge is 0.480 e. The van der Waals surface area contributed by atoms with Gasteiger partial charge in [-0.1, -0.05) is 17.7 Å². The Morgan fingerprint density at radius 2 is 2.06 bits per heavy atom. The number of anilines is 1. The molecule has 1 aromatic rings. The number of carboxylic acid groups (broad SMARTS) is 1. The average molecular weight is 243 g/mol. The van der Waals surface area contributed by atoms with E-state index in [0.29, 0.717) is 10.7 Å². The zero-order valence-corrected chi connectivity index (χ0v) is 9.12. The standard InChI is InChI=1S/C10H11ClN2O3/c11-7-2-1-3-8(4-7)13-9(14)5-12-6-10(15)16/h1-4,12H,5-6H2,(H,13,14)(H,15,16). The molecular formula is C10H11ClN2O3. The van der Waals surface area contributed by atoms with E-state index in [1.165, 1.54) is 0 Å². The lowest BCUT2D eigenvalue weighted by atomic mass is 10.3. The van der Waals surface area contributed by atoms with Crippen molar-refractivity contribution < 1.29 is 14.7 Å². The maximum Gasteiger partial charge on any atom is 0.317 e. The molecule has 0 fully saturated rings. The van der Waals surface area contributed by atoms with Crippen LogP contribution in [-0.2, 0) is 9.59 Å². The van der Waals surface area contributed by atoms with Crippen LogP contribution in [0.15, 0.2) is 24.3 Å². The number of carboxylic acids is 1. The van der Waals surface area contributed by atoms with E-state index in [1.807, 2.05) is 0 Å². The smallest absolute Gasteiger partial charge is 0.317 e. The lowest BCUT2D eigenvalue weighted by Crippen LogP contribution is -2.31. The zero-order valence-electron chi connectivity index (χ0n) is 8.37. The fourth-order valence-electron chi connectivity index (χ4n) is 1.05. The molecule has 0 saturated heterocycles. The van der Waals surface area contributed by atoms with Crippen LogP contribution in [-0.4, -0.2) is 30.1 Å². The van der Waals surface area contributed by atoms with Gasteiger partial charge >= 0.3 is 5.97 Å². The van der Waals surface area contributed by atoms with Crippen LogP contribution in [0.25, 0.3) is 0 Å². The molecule has 86 valence electrons. The minimum Gasteiger partial charge on any atom is -0.480 e. The topological polar surface area (TPSA) is 78.4 Å². The number of halogens is 1. The molecule has 3 N–H and O–H groups in total. The number of aliphatic carboxylic acids is 1. The Hall–Kier alpha value is -1.59. The minimum atomic E-state index is -1.00. The molecule has 0 aliphatic heterocycles. The number of amides is 1. The van der Waals surface area contributed by atoms with E-state index in [1.54, 1.807) is 24.3 Å². The summed E-state index contributed by atoms with van der Waals surface area (Å²) in [6.45, 7) is -0.304. The highest BCUT2D eigenvalue weighted by Gasteiger charge is 2.03. The summed E-state index contributed by atoms with van der Waals surface area (Å²) in [5, 5.41) is 13.9. The van der Waals surface area contributed by atoms with Gasteiger partial charge in [-0.3, -0.25) is 14.9 Å². The molecule has 5 nitrogen and oxygen atoms in total. The minimum absolute atomic E-state index is 0.0567. The summed E-state index contributed by atoms with van der Waals surface area (Å²) in [6, 6.07) is 6.71.